The highest BCUT2D eigenvalue weighted by Gasteiger charge is 2.57. The molecule has 1 aliphatic carbocycles. The Morgan fingerprint density at radius 3 is 2.72 bits per heavy atom. The minimum atomic E-state index is -2.73. The van der Waals surface area contributed by atoms with Crippen LogP contribution in [0.3, 0.4) is 0 Å². The molecule has 0 bridgehead atoms. The average molecular weight is 440 g/mol. The summed E-state index contributed by atoms with van der Waals surface area (Å²) < 4.78 is 38.1. The summed E-state index contributed by atoms with van der Waals surface area (Å²) in [5.41, 5.74) is 9.50. The summed E-state index contributed by atoms with van der Waals surface area (Å²) in [5, 5.41) is 12.5. The number of nitrogens with two attached hydrogens (primary N) is 1. The van der Waals surface area contributed by atoms with E-state index in [1.807, 2.05) is 6.92 Å². The lowest BCUT2D eigenvalue weighted by Crippen LogP contribution is -2.29. The quantitative estimate of drug-likeness (QED) is 0.710. The highest BCUT2D eigenvalue weighted by atomic mass is 19.3. The standard InChI is InChI=1S/C23H22F2N4O3/c1-11-9-28-22(32-10-14-7-23(14,24)25)19-18(17(21(27)30)12(2)29-20(11)19)15-5-4-13(8-26)6-16(15)31-3/h4-6,9,14,18,29H,7,10H2,1-3H3,(H2,27,30). The lowest BCUT2D eigenvalue weighted by atomic mass is 9.79. The predicted octanol–water partition coefficient (Wildman–Crippen LogP) is 3.62. The van der Waals surface area contributed by atoms with E-state index in [1.165, 1.54) is 7.11 Å². The Morgan fingerprint density at radius 2 is 2.12 bits per heavy atom. The topological polar surface area (TPSA) is 110 Å². The SMILES string of the molecule is COc1cc(C#N)ccc1C1C(C(N)=O)=C(C)Nc2c(C)cnc(OCC3CC3(F)F)c21. The first kappa shape index (κ1) is 21.6. The first-order valence-electron chi connectivity index (χ1n) is 10.0. The van der Waals surface area contributed by atoms with Gasteiger partial charge in [0.25, 0.3) is 5.92 Å². The van der Waals surface area contributed by atoms with Gasteiger partial charge in [-0.15, -0.1) is 0 Å². The largest absolute Gasteiger partial charge is 0.496 e. The number of fused-ring (bicyclic) bond motifs is 1. The molecule has 0 radical (unpaired) electrons. The number of aryl methyl sites for hydroxylation is 1. The number of methoxy groups -OCH3 is 1. The Kier molecular flexibility index (Phi) is 5.25. The van der Waals surface area contributed by atoms with Gasteiger partial charge in [0.2, 0.25) is 11.8 Å². The number of allylic oxidation sites excluding steroid dienone is 1. The fourth-order valence-electron chi connectivity index (χ4n) is 4.06. The first-order chi connectivity index (χ1) is 15.2. The molecule has 1 aromatic heterocycles. The van der Waals surface area contributed by atoms with Crippen LogP contribution in [0, 0.1) is 24.2 Å². The van der Waals surface area contributed by atoms with Gasteiger partial charge in [0.1, 0.15) is 5.75 Å². The zero-order chi connectivity index (χ0) is 23.2. The van der Waals surface area contributed by atoms with Crippen LogP contribution < -0.4 is 20.5 Å². The van der Waals surface area contributed by atoms with Crippen LogP contribution in [0.15, 0.2) is 35.7 Å². The second-order valence-electron chi connectivity index (χ2n) is 8.04. The number of ether oxygens (including phenoxy) is 2. The van der Waals surface area contributed by atoms with Crippen molar-refractivity contribution < 1.29 is 23.0 Å². The van der Waals surface area contributed by atoms with Crippen LogP contribution in [0.5, 0.6) is 11.6 Å². The third-order valence-corrected chi connectivity index (χ3v) is 5.88. The highest BCUT2D eigenvalue weighted by Crippen LogP contribution is 2.51. The van der Waals surface area contributed by atoms with E-state index in [-0.39, 0.29) is 24.5 Å². The van der Waals surface area contributed by atoms with Gasteiger partial charge in [-0.1, -0.05) is 6.07 Å². The molecule has 1 amide bonds. The molecular formula is C23H22F2N4O3. The van der Waals surface area contributed by atoms with E-state index in [0.29, 0.717) is 33.8 Å². The molecule has 0 saturated heterocycles. The molecule has 2 heterocycles. The van der Waals surface area contributed by atoms with Crippen LogP contribution in [0.4, 0.5) is 14.5 Å². The molecule has 0 spiro atoms. The van der Waals surface area contributed by atoms with Crippen molar-refractivity contribution in [2.75, 3.05) is 19.0 Å². The maximum atomic E-state index is 13.4. The Balaban J connectivity index is 1.90. The third kappa shape index (κ3) is 3.62. The van der Waals surface area contributed by atoms with Crippen molar-refractivity contribution in [2.24, 2.45) is 11.7 Å². The summed E-state index contributed by atoms with van der Waals surface area (Å²) in [6.45, 7) is 3.38. The average Bonchev–Trinajstić information content (AvgIpc) is 3.38. The Morgan fingerprint density at radius 1 is 1.41 bits per heavy atom. The molecular weight excluding hydrogens is 418 g/mol. The molecule has 9 heteroatoms. The van der Waals surface area contributed by atoms with E-state index in [1.54, 1.807) is 31.3 Å². The molecule has 2 aromatic rings. The minimum absolute atomic E-state index is 0.142. The van der Waals surface area contributed by atoms with Crippen LogP contribution >= 0.6 is 0 Å². The number of nitriles is 1. The van der Waals surface area contributed by atoms with Gasteiger partial charge in [0.15, 0.2) is 0 Å². The van der Waals surface area contributed by atoms with E-state index in [4.69, 9.17) is 15.2 Å². The minimum Gasteiger partial charge on any atom is -0.496 e. The van der Waals surface area contributed by atoms with E-state index in [2.05, 4.69) is 16.4 Å². The lowest BCUT2D eigenvalue weighted by Gasteiger charge is -2.32. The van der Waals surface area contributed by atoms with Crippen molar-refractivity contribution in [3.05, 3.63) is 57.9 Å². The number of hydrogen-bond acceptors (Lipinski definition) is 6. The number of carbonyl (C=O) groups excluding carboxylic acids is 1. The summed E-state index contributed by atoms with van der Waals surface area (Å²) in [6.07, 6.45) is 1.36. The smallest absolute Gasteiger partial charge is 0.255 e. The van der Waals surface area contributed by atoms with Gasteiger partial charge >= 0.3 is 0 Å². The van der Waals surface area contributed by atoms with Gasteiger partial charge in [-0.25, -0.2) is 13.8 Å². The monoisotopic (exact) mass is 440 g/mol. The van der Waals surface area contributed by atoms with Crippen molar-refractivity contribution in [3.8, 4) is 17.7 Å². The number of carbonyl (C=O) groups is 1. The van der Waals surface area contributed by atoms with Gasteiger partial charge in [-0.2, -0.15) is 5.26 Å². The van der Waals surface area contributed by atoms with Crippen molar-refractivity contribution in [3.63, 3.8) is 0 Å². The number of halogens is 2. The summed E-state index contributed by atoms with van der Waals surface area (Å²) in [7, 11) is 1.46. The number of primary amides is 1. The van der Waals surface area contributed by atoms with Crippen LogP contribution in [0.2, 0.25) is 0 Å². The normalized spacial score (nSPS) is 20.6. The van der Waals surface area contributed by atoms with Crippen LogP contribution in [0.1, 0.15) is 41.5 Å². The predicted molar refractivity (Wildman–Crippen MR) is 113 cm³/mol. The van der Waals surface area contributed by atoms with Crippen molar-refractivity contribution in [1.82, 2.24) is 4.98 Å². The first-order valence-corrected chi connectivity index (χ1v) is 10.0. The third-order valence-electron chi connectivity index (χ3n) is 5.88. The Labute approximate surface area is 183 Å². The van der Waals surface area contributed by atoms with E-state index in [9.17, 15) is 18.8 Å². The number of alkyl halides is 2. The molecule has 166 valence electrons. The molecule has 7 nitrogen and oxygen atoms in total. The maximum Gasteiger partial charge on any atom is 0.255 e. The summed E-state index contributed by atoms with van der Waals surface area (Å²) in [5.74, 6) is -4.45. The summed E-state index contributed by atoms with van der Waals surface area (Å²) in [6, 6.07) is 6.93. The number of anilines is 1. The summed E-state index contributed by atoms with van der Waals surface area (Å²) >= 11 is 0. The van der Waals surface area contributed by atoms with Gasteiger partial charge in [-0.3, -0.25) is 4.79 Å². The van der Waals surface area contributed by atoms with Gasteiger partial charge in [0, 0.05) is 29.5 Å². The van der Waals surface area contributed by atoms with Gasteiger partial charge in [0.05, 0.1) is 48.4 Å². The molecule has 3 N–H and O–H groups in total. The maximum absolute atomic E-state index is 13.4. The highest BCUT2D eigenvalue weighted by molar-refractivity contribution is 5.98. The number of nitrogens with one attached hydrogen (secondary N) is 1. The number of hydrogen-bond donors (Lipinski definition) is 2. The van der Waals surface area contributed by atoms with E-state index >= 15 is 0 Å². The number of aromatic nitrogens is 1. The van der Waals surface area contributed by atoms with E-state index < -0.39 is 23.7 Å². The van der Waals surface area contributed by atoms with Crippen molar-refractivity contribution >= 4 is 11.6 Å². The fourth-order valence-corrected chi connectivity index (χ4v) is 4.06. The van der Waals surface area contributed by atoms with Crippen LogP contribution in [0.25, 0.3) is 0 Å². The van der Waals surface area contributed by atoms with Crippen molar-refractivity contribution in [1.29, 1.82) is 5.26 Å². The fraction of sp³-hybridized carbons (Fsp3) is 0.348. The van der Waals surface area contributed by atoms with Crippen molar-refractivity contribution in [2.45, 2.75) is 32.1 Å². The molecule has 2 aliphatic rings. The zero-order valence-corrected chi connectivity index (χ0v) is 17.8. The second kappa shape index (κ2) is 7.79. The molecule has 2 atom stereocenters. The molecule has 4 rings (SSSR count). The molecule has 1 aliphatic heterocycles. The molecule has 2 unspecified atom stereocenters. The lowest BCUT2D eigenvalue weighted by molar-refractivity contribution is -0.114. The molecule has 1 aromatic carbocycles. The molecule has 1 fully saturated rings. The van der Waals surface area contributed by atoms with Crippen LogP contribution in [-0.2, 0) is 4.79 Å². The number of rotatable bonds is 6. The number of benzene rings is 1. The number of pyridine rings is 1. The summed E-state index contributed by atoms with van der Waals surface area (Å²) in [4.78, 5) is 16.9. The number of amides is 1. The number of nitrogens with zero attached hydrogens (tertiary/aromatic N) is 2. The van der Waals surface area contributed by atoms with Gasteiger partial charge < -0.3 is 20.5 Å². The Hall–Kier alpha value is -3.67. The molecule has 32 heavy (non-hydrogen) atoms. The zero-order valence-electron chi connectivity index (χ0n) is 17.8. The molecule has 1 saturated carbocycles. The second-order valence-corrected chi connectivity index (χ2v) is 8.04. The van der Waals surface area contributed by atoms with Crippen LogP contribution in [-0.4, -0.2) is 30.5 Å². The van der Waals surface area contributed by atoms with E-state index in [0.717, 1.165) is 5.56 Å². The Bertz CT molecular complexity index is 1190. The van der Waals surface area contributed by atoms with Gasteiger partial charge in [-0.05, 0) is 31.5 Å².